The quantitative estimate of drug-likeness (QED) is 0.848. The number of anilines is 1. The van der Waals surface area contributed by atoms with Crippen LogP contribution in [0.25, 0.3) is 0 Å². The Hall–Kier alpha value is -1.40. The summed E-state index contributed by atoms with van der Waals surface area (Å²) in [7, 11) is 0. The van der Waals surface area contributed by atoms with Gasteiger partial charge in [0.25, 0.3) is 5.91 Å². The van der Waals surface area contributed by atoms with E-state index in [4.69, 9.17) is 0 Å². The molecule has 1 aromatic carbocycles. The fourth-order valence-electron chi connectivity index (χ4n) is 1.36. The molecule has 92 valence electrons. The second kappa shape index (κ2) is 5.49. The van der Waals surface area contributed by atoms with Gasteiger partial charge in [-0.3, -0.25) is 4.79 Å². The number of nitrogens with zero attached hydrogens (tertiary/aromatic N) is 1. The van der Waals surface area contributed by atoms with Crippen molar-refractivity contribution in [3.63, 3.8) is 0 Å². The van der Waals surface area contributed by atoms with Gasteiger partial charge in [-0.2, -0.15) is 0 Å². The molecule has 0 saturated carbocycles. The molecule has 2 N–H and O–H groups in total. The number of aromatic hydroxyl groups is 1. The number of hydrogen-bond acceptors (Lipinski definition) is 3. The van der Waals surface area contributed by atoms with Crippen molar-refractivity contribution in [1.82, 2.24) is 4.98 Å². The summed E-state index contributed by atoms with van der Waals surface area (Å²) in [5.74, 6) is -0.626. The van der Waals surface area contributed by atoms with Gasteiger partial charge < -0.3 is 10.4 Å². The zero-order chi connectivity index (χ0) is 13.1. The molecular weight excluding hydrogens is 364 g/mol. The first-order valence-corrected chi connectivity index (χ1v) is 6.57. The van der Waals surface area contributed by atoms with Gasteiger partial charge in [-0.1, -0.05) is 6.07 Å². The van der Waals surface area contributed by atoms with E-state index in [2.05, 4.69) is 42.2 Å². The molecule has 2 rings (SSSR count). The Bertz CT molecular complexity index is 582. The number of rotatable bonds is 2. The topological polar surface area (TPSA) is 62.2 Å². The number of aromatic nitrogens is 1. The van der Waals surface area contributed by atoms with E-state index in [1.165, 1.54) is 12.3 Å². The maximum atomic E-state index is 12.0. The van der Waals surface area contributed by atoms with Crippen LogP contribution < -0.4 is 5.32 Å². The van der Waals surface area contributed by atoms with Crippen molar-refractivity contribution in [2.45, 2.75) is 0 Å². The monoisotopic (exact) mass is 370 g/mol. The minimum atomic E-state index is -0.472. The van der Waals surface area contributed by atoms with Crippen molar-refractivity contribution in [1.29, 1.82) is 0 Å². The Morgan fingerprint density at radius 2 is 1.83 bits per heavy atom. The third-order valence-electron chi connectivity index (χ3n) is 2.20. The second-order valence-corrected chi connectivity index (χ2v) is 5.13. The molecule has 0 radical (unpaired) electrons. The lowest BCUT2D eigenvalue weighted by molar-refractivity contribution is 0.101. The standard InChI is InChI=1S/C12H8Br2N2O2/c13-7-3-1-4-8(14)10(7)16-12(18)11-9(17)5-2-6-15-11/h1-6,17H,(H,16,18). The molecule has 1 aromatic heterocycles. The Morgan fingerprint density at radius 1 is 1.17 bits per heavy atom. The van der Waals surface area contributed by atoms with Crippen molar-refractivity contribution in [2.75, 3.05) is 5.32 Å². The highest BCUT2D eigenvalue weighted by atomic mass is 79.9. The zero-order valence-electron chi connectivity index (χ0n) is 9.02. The molecule has 0 fully saturated rings. The molecular formula is C12H8Br2N2O2. The third kappa shape index (κ3) is 2.70. The molecule has 0 atom stereocenters. The van der Waals surface area contributed by atoms with E-state index in [9.17, 15) is 9.90 Å². The molecule has 0 spiro atoms. The Balaban J connectivity index is 2.30. The number of halogens is 2. The number of carbonyl (C=O) groups is 1. The Morgan fingerprint density at radius 3 is 2.44 bits per heavy atom. The number of nitrogens with one attached hydrogen (secondary N) is 1. The minimum absolute atomic E-state index is 0.0137. The Labute approximate surface area is 120 Å². The van der Waals surface area contributed by atoms with Gasteiger partial charge in [-0.05, 0) is 56.1 Å². The summed E-state index contributed by atoms with van der Waals surface area (Å²) < 4.78 is 1.47. The van der Waals surface area contributed by atoms with Gasteiger partial charge in [-0.15, -0.1) is 0 Å². The maximum Gasteiger partial charge on any atom is 0.278 e. The van der Waals surface area contributed by atoms with Gasteiger partial charge in [0.05, 0.1) is 5.69 Å². The highest BCUT2D eigenvalue weighted by molar-refractivity contribution is 9.11. The van der Waals surface area contributed by atoms with Crippen LogP contribution in [-0.4, -0.2) is 16.0 Å². The van der Waals surface area contributed by atoms with Crippen molar-refractivity contribution in [2.24, 2.45) is 0 Å². The van der Waals surface area contributed by atoms with Crippen LogP contribution in [0.4, 0.5) is 5.69 Å². The smallest absolute Gasteiger partial charge is 0.278 e. The van der Waals surface area contributed by atoms with Gasteiger partial charge in [0, 0.05) is 15.1 Å². The van der Waals surface area contributed by atoms with Crippen molar-refractivity contribution in [3.8, 4) is 5.75 Å². The highest BCUT2D eigenvalue weighted by Crippen LogP contribution is 2.31. The van der Waals surface area contributed by atoms with E-state index in [1.807, 2.05) is 6.07 Å². The molecule has 1 heterocycles. The lowest BCUT2D eigenvalue weighted by Crippen LogP contribution is -2.14. The number of amides is 1. The van der Waals surface area contributed by atoms with Crippen molar-refractivity contribution < 1.29 is 9.90 Å². The van der Waals surface area contributed by atoms with E-state index in [-0.39, 0.29) is 11.4 Å². The number of benzene rings is 1. The number of hydrogen-bond donors (Lipinski definition) is 2. The van der Waals surface area contributed by atoms with Gasteiger partial charge in [0.1, 0.15) is 5.75 Å². The third-order valence-corrected chi connectivity index (χ3v) is 3.52. The van der Waals surface area contributed by atoms with Gasteiger partial charge in [0.15, 0.2) is 5.69 Å². The van der Waals surface area contributed by atoms with Crippen LogP contribution >= 0.6 is 31.9 Å². The van der Waals surface area contributed by atoms with Crippen LogP contribution in [0.15, 0.2) is 45.5 Å². The fraction of sp³-hybridized carbons (Fsp3) is 0. The first kappa shape index (κ1) is 13.0. The average molecular weight is 372 g/mol. The normalized spacial score (nSPS) is 10.1. The molecule has 0 aliphatic carbocycles. The summed E-state index contributed by atoms with van der Waals surface area (Å²) in [6.45, 7) is 0. The summed E-state index contributed by atoms with van der Waals surface area (Å²) >= 11 is 6.68. The lowest BCUT2D eigenvalue weighted by atomic mass is 10.2. The molecule has 1 amide bonds. The van der Waals surface area contributed by atoms with E-state index < -0.39 is 5.91 Å². The molecule has 18 heavy (non-hydrogen) atoms. The first-order valence-electron chi connectivity index (χ1n) is 4.99. The van der Waals surface area contributed by atoms with Crippen LogP contribution in [0.3, 0.4) is 0 Å². The average Bonchev–Trinajstić information content (AvgIpc) is 2.34. The van der Waals surface area contributed by atoms with Crippen LogP contribution in [0, 0.1) is 0 Å². The molecule has 4 nitrogen and oxygen atoms in total. The first-order chi connectivity index (χ1) is 8.59. The predicted octanol–water partition coefficient (Wildman–Crippen LogP) is 3.56. The van der Waals surface area contributed by atoms with E-state index >= 15 is 0 Å². The summed E-state index contributed by atoms with van der Waals surface area (Å²) in [6, 6.07) is 8.41. The van der Waals surface area contributed by atoms with E-state index in [0.717, 1.165) is 8.95 Å². The fourth-order valence-corrected chi connectivity index (χ4v) is 2.56. The summed E-state index contributed by atoms with van der Waals surface area (Å²) in [4.78, 5) is 15.8. The Kier molecular flexibility index (Phi) is 3.98. The predicted molar refractivity (Wildman–Crippen MR) is 75.7 cm³/mol. The molecule has 0 unspecified atom stereocenters. The van der Waals surface area contributed by atoms with Gasteiger partial charge in [-0.25, -0.2) is 4.98 Å². The van der Waals surface area contributed by atoms with Crippen molar-refractivity contribution >= 4 is 43.5 Å². The molecule has 2 aromatic rings. The van der Waals surface area contributed by atoms with Crippen molar-refractivity contribution in [3.05, 3.63) is 51.2 Å². The number of carbonyl (C=O) groups excluding carboxylic acids is 1. The molecule has 6 heteroatoms. The molecule has 0 aliphatic heterocycles. The largest absolute Gasteiger partial charge is 0.505 e. The minimum Gasteiger partial charge on any atom is -0.505 e. The van der Waals surface area contributed by atoms with Crippen LogP contribution in [0.5, 0.6) is 5.75 Å². The van der Waals surface area contributed by atoms with Crippen LogP contribution in [-0.2, 0) is 0 Å². The lowest BCUT2D eigenvalue weighted by Gasteiger charge is -2.09. The van der Waals surface area contributed by atoms with Gasteiger partial charge >= 0.3 is 0 Å². The van der Waals surface area contributed by atoms with E-state index in [1.54, 1.807) is 18.2 Å². The van der Waals surface area contributed by atoms with Crippen LogP contribution in [0.1, 0.15) is 10.5 Å². The number of para-hydroxylation sites is 1. The molecule has 0 bridgehead atoms. The van der Waals surface area contributed by atoms with Gasteiger partial charge in [0.2, 0.25) is 0 Å². The summed E-state index contributed by atoms with van der Waals surface area (Å²) in [6.07, 6.45) is 1.45. The molecule has 0 aliphatic rings. The highest BCUT2D eigenvalue weighted by Gasteiger charge is 2.15. The maximum absolute atomic E-state index is 12.0. The molecule has 0 saturated heterocycles. The second-order valence-electron chi connectivity index (χ2n) is 3.42. The number of pyridine rings is 1. The summed E-state index contributed by atoms with van der Waals surface area (Å²) in [5, 5.41) is 12.2. The van der Waals surface area contributed by atoms with E-state index in [0.29, 0.717) is 5.69 Å². The summed E-state index contributed by atoms with van der Waals surface area (Å²) in [5.41, 5.74) is 0.577. The zero-order valence-corrected chi connectivity index (χ0v) is 12.2. The SMILES string of the molecule is O=C(Nc1c(Br)cccc1Br)c1ncccc1O. The van der Waals surface area contributed by atoms with Crippen LogP contribution in [0.2, 0.25) is 0 Å².